The van der Waals surface area contributed by atoms with Crippen LogP contribution >= 0.6 is 0 Å². The zero-order valence-corrected chi connectivity index (χ0v) is 15.6. The van der Waals surface area contributed by atoms with Gasteiger partial charge in [-0.2, -0.15) is 0 Å². The van der Waals surface area contributed by atoms with Gasteiger partial charge < -0.3 is 15.0 Å². The lowest BCUT2D eigenvalue weighted by molar-refractivity contribution is -0.130. The number of anilines is 1. The van der Waals surface area contributed by atoms with E-state index in [1.807, 2.05) is 0 Å². The number of ether oxygens (including phenoxy) is 1. The first-order valence-electron chi connectivity index (χ1n) is 8.38. The minimum Gasteiger partial charge on any atom is -0.484 e. The maximum absolute atomic E-state index is 12.4. The smallest absolute Gasteiger partial charge is 0.259 e. The summed E-state index contributed by atoms with van der Waals surface area (Å²) in [5, 5.41) is 2.68. The molecule has 0 radical (unpaired) electrons. The number of benzene rings is 2. The van der Waals surface area contributed by atoms with Crippen molar-refractivity contribution >= 4 is 29.4 Å². The van der Waals surface area contributed by atoms with Crippen LogP contribution in [0.15, 0.2) is 54.6 Å². The second-order valence-corrected chi connectivity index (χ2v) is 6.11. The van der Waals surface area contributed by atoms with Crippen molar-refractivity contribution in [3.63, 3.8) is 0 Å². The van der Waals surface area contributed by atoms with Crippen LogP contribution in [0.2, 0.25) is 0 Å². The number of hydrogen-bond donors (Lipinski definition) is 1. The van der Waals surface area contributed by atoms with Crippen LogP contribution < -0.4 is 10.1 Å². The van der Waals surface area contributed by atoms with Gasteiger partial charge in [-0.25, -0.2) is 0 Å². The lowest BCUT2D eigenvalue weighted by Crippen LogP contribution is -2.27. The van der Waals surface area contributed by atoms with E-state index < -0.39 is 0 Å². The average molecular weight is 366 g/mol. The van der Waals surface area contributed by atoms with E-state index in [9.17, 15) is 14.4 Å². The number of ketones is 1. The molecule has 0 fully saturated rings. The van der Waals surface area contributed by atoms with Gasteiger partial charge in [-0.1, -0.05) is 30.3 Å². The highest BCUT2D eigenvalue weighted by Gasteiger charge is 2.07. The average Bonchev–Trinajstić information content (AvgIpc) is 2.65. The fourth-order valence-electron chi connectivity index (χ4n) is 2.16. The molecule has 0 spiro atoms. The zero-order chi connectivity index (χ0) is 19.8. The Bertz CT molecular complexity index is 855. The predicted octanol–water partition coefficient (Wildman–Crippen LogP) is 3.01. The van der Waals surface area contributed by atoms with Gasteiger partial charge in [0.25, 0.3) is 5.91 Å². The zero-order valence-electron chi connectivity index (χ0n) is 15.6. The lowest BCUT2D eigenvalue weighted by atomic mass is 10.1. The molecule has 0 saturated heterocycles. The number of hydrogen-bond acceptors (Lipinski definition) is 4. The number of rotatable bonds is 7. The van der Waals surface area contributed by atoms with E-state index in [-0.39, 0.29) is 24.2 Å². The van der Waals surface area contributed by atoms with Crippen molar-refractivity contribution in [3.05, 3.63) is 65.7 Å². The number of carbonyl (C=O) groups excluding carboxylic acids is 3. The topological polar surface area (TPSA) is 75.7 Å². The summed E-state index contributed by atoms with van der Waals surface area (Å²) in [6, 6.07) is 13.8. The van der Waals surface area contributed by atoms with Crippen molar-refractivity contribution in [1.82, 2.24) is 4.90 Å². The van der Waals surface area contributed by atoms with Crippen LogP contribution in [0.3, 0.4) is 0 Å². The lowest BCUT2D eigenvalue weighted by Gasteiger charge is -2.11. The maximum atomic E-state index is 12.4. The first-order valence-corrected chi connectivity index (χ1v) is 8.38. The molecule has 0 heterocycles. The predicted molar refractivity (Wildman–Crippen MR) is 105 cm³/mol. The van der Waals surface area contributed by atoms with Crippen LogP contribution in [-0.2, 0) is 9.59 Å². The number of nitrogens with one attached hydrogen (secondary N) is 1. The van der Waals surface area contributed by atoms with Crippen molar-refractivity contribution in [2.45, 2.75) is 6.92 Å². The molecular formula is C21H22N2O4. The van der Waals surface area contributed by atoms with Crippen LogP contribution in [0.5, 0.6) is 5.75 Å². The number of nitrogens with zero attached hydrogens (tertiary/aromatic N) is 1. The van der Waals surface area contributed by atoms with Crippen LogP contribution in [0, 0.1) is 0 Å². The fraction of sp³-hybridized carbons (Fsp3) is 0.190. The molecule has 0 aliphatic rings. The molecule has 2 aromatic carbocycles. The van der Waals surface area contributed by atoms with E-state index in [4.69, 9.17) is 4.74 Å². The monoisotopic (exact) mass is 366 g/mol. The molecular weight excluding hydrogens is 344 g/mol. The molecule has 6 heteroatoms. The van der Waals surface area contributed by atoms with E-state index in [0.717, 1.165) is 5.56 Å². The summed E-state index contributed by atoms with van der Waals surface area (Å²) < 4.78 is 5.43. The summed E-state index contributed by atoms with van der Waals surface area (Å²) >= 11 is 0. The molecule has 27 heavy (non-hydrogen) atoms. The van der Waals surface area contributed by atoms with Crippen molar-refractivity contribution in [2.75, 3.05) is 26.0 Å². The molecule has 2 amide bonds. The van der Waals surface area contributed by atoms with Crippen LogP contribution in [0.25, 0.3) is 6.08 Å². The van der Waals surface area contributed by atoms with Gasteiger partial charge in [0.15, 0.2) is 12.4 Å². The third kappa shape index (κ3) is 6.43. The quantitative estimate of drug-likeness (QED) is 0.604. The minimum absolute atomic E-state index is 0.0822. The molecule has 0 saturated carbocycles. The van der Waals surface area contributed by atoms with Gasteiger partial charge in [0.1, 0.15) is 5.75 Å². The Balaban J connectivity index is 2.00. The Labute approximate surface area is 158 Å². The van der Waals surface area contributed by atoms with Gasteiger partial charge in [-0.05, 0) is 35.9 Å². The second-order valence-electron chi connectivity index (χ2n) is 6.11. The molecule has 2 rings (SSSR count). The highest BCUT2D eigenvalue weighted by Crippen LogP contribution is 2.15. The third-order valence-electron chi connectivity index (χ3n) is 3.64. The van der Waals surface area contributed by atoms with Crippen LogP contribution in [-0.4, -0.2) is 43.2 Å². The standard InChI is InChI=1S/C21H22N2O4/c1-15(24)22-18-10-7-16(8-11-18)9-12-20(25)17-5-4-6-19(13-17)27-14-21(26)23(2)3/h4-13H,14H2,1-3H3,(H,22,24). The van der Waals surface area contributed by atoms with Crippen molar-refractivity contribution in [2.24, 2.45) is 0 Å². The molecule has 0 aliphatic carbocycles. The molecule has 0 bridgehead atoms. The van der Waals surface area contributed by atoms with Gasteiger partial charge >= 0.3 is 0 Å². The summed E-state index contributed by atoms with van der Waals surface area (Å²) in [6.45, 7) is 1.36. The first kappa shape index (κ1) is 19.9. The molecule has 6 nitrogen and oxygen atoms in total. The number of carbonyl (C=O) groups is 3. The number of likely N-dealkylation sites (N-methyl/N-ethyl adjacent to an activating group) is 1. The molecule has 0 unspecified atom stereocenters. The Kier molecular flexibility index (Phi) is 6.88. The highest BCUT2D eigenvalue weighted by atomic mass is 16.5. The SMILES string of the molecule is CC(=O)Nc1ccc(C=CC(=O)c2cccc(OCC(=O)N(C)C)c2)cc1. The first-order chi connectivity index (χ1) is 12.8. The summed E-state index contributed by atoms with van der Waals surface area (Å²) in [6.07, 6.45) is 3.17. The Hall–Kier alpha value is -3.41. The Morgan fingerprint density at radius 3 is 2.41 bits per heavy atom. The molecule has 0 atom stereocenters. The largest absolute Gasteiger partial charge is 0.484 e. The molecule has 140 valence electrons. The highest BCUT2D eigenvalue weighted by molar-refractivity contribution is 6.07. The van der Waals surface area contributed by atoms with E-state index in [0.29, 0.717) is 17.0 Å². The van der Waals surface area contributed by atoms with E-state index in [1.165, 1.54) is 17.9 Å². The number of amides is 2. The van der Waals surface area contributed by atoms with Crippen LogP contribution in [0.4, 0.5) is 5.69 Å². The molecule has 2 aromatic rings. The van der Waals surface area contributed by atoms with Gasteiger partial charge in [-0.3, -0.25) is 14.4 Å². The number of allylic oxidation sites excluding steroid dienone is 1. The second kappa shape index (κ2) is 9.33. The molecule has 0 aliphatic heterocycles. The third-order valence-corrected chi connectivity index (χ3v) is 3.64. The normalized spacial score (nSPS) is 10.5. The molecule has 1 N–H and O–H groups in total. The van der Waals surface area contributed by atoms with Crippen LogP contribution in [0.1, 0.15) is 22.8 Å². The van der Waals surface area contributed by atoms with E-state index >= 15 is 0 Å². The van der Waals surface area contributed by atoms with Crippen molar-refractivity contribution in [1.29, 1.82) is 0 Å². The van der Waals surface area contributed by atoms with E-state index in [2.05, 4.69) is 5.32 Å². The Morgan fingerprint density at radius 1 is 1.07 bits per heavy atom. The summed E-state index contributed by atoms with van der Waals surface area (Å²) in [5.41, 5.74) is 2.00. The van der Waals surface area contributed by atoms with E-state index in [1.54, 1.807) is 68.7 Å². The molecule has 0 aromatic heterocycles. The van der Waals surface area contributed by atoms with Gasteiger partial charge in [0.2, 0.25) is 5.91 Å². The van der Waals surface area contributed by atoms with Crippen molar-refractivity contribution in [3.8, 4) is 5.75 Å². The van der Waals surface area contributed by atoms with Gasteiger partial charge in [0.05, 0.1) is 0 Å². The van der Waals surface area contributed by atoms with Gasteiger partial charge in [-0.15, -0.1) is 0 Å². The summed E-state index contributed by atoms with van der Waals surface area (Å²) in [4.78, 5) is 36.4. The maximum Gasteiger partial charge on any atom is 0.259 e. The fourth-order valence-corrected chi connectivity index (χ4v) is 2.16. The summed E-state index contributed by atoms with van der Waals surface area (Å²) in [7, 11) is 3.30. The Morgan fingerprint density at radius 2 is 1.78 bits per heavy atom. The van der Waals surface area contributed by atoms with Gasteiger partial charge in [0, 0.05) is 32.3 Å². The van der Waals surface area contributed by atoms with Crippen molar-refractivity contribution < 1.29 is 19.1 Å². The summed E-state index contributed by atoms with van der Waals surface area (Å²) in [5.74, 6) is -0.00776. The minimum atomic E-state index is -0.176.